The van der Waals surface area contributed by atoms with Crippen LogP contribution in [0, 0.1) is 10.1 Å². The molecule has 5 rings (SSSR count). The summed E-state index contributed by atoms with van der Waals surface area (Å²) in [7, 11) is -4.01. The molecule has 0 bridgehead atoms. The van der Waals surface area contributed by atoms with E-state index < -0.39 is 39.0 Å². The van der Waals surface area contributed by atoms with Gasteiger partial charge in [-0.25, -0.2) is 17.4 Å². The number of sulfonamides is 1. The van der Waals surface area contributed by atoms with Crippen LogP contribution >= 0.6 is 11.9 Å². The number of ether oxygens (including phenoxy) is 2. The van der Waals surface area contributed by atoms with Crippen molar-refractivity contribution in [2.24, 2.45) is 0 Å². The summed E-state index contributed by atoms with van der Waals surface area (Å²) >= 11 is 1.44. The number of non-ortho nitro benzene ring substituents is 1. The van der Waals surface area contributed by atoms with Crippen molar-refractivity contribution in [3.8, 4) is 11.5 Å². The fourth-order valence-corrected chi connectivity index (χ4v) is 7.37. The monoisotopic (exact) mass is 685 g/mol. The standard InChI is InChI=1S/C31H35N5O9S2/c1-2-35-25(17-21-18-26-27(19-28(21)46-35)45-15-14-44-26)30(38)34-24(16-20-6-4-3-5-7-20)29(37)31(39)32-12-13-33-47(42,43)23-10-8-22(9-11-23)36(40)41/h3-11,18-19,24-25,29,33,37H,2,12-17H2,1H3,(H,32,39)(H,34,38)/t24-,25-,29+/m0/s1. The number of aliphatic hydroxyl groups excluding tert-OH is 1. The second-order valence-electron chi connectivity index (χ2n) is 10.8. The number of carbonyl (C=O) groups excluding carboxylic acids is 2. The Balaban J connectivity index is 1.23. The van der Waals surface area contributed by atoms with Crippen molar-refractivity contribution in [2.45, 2.75) is 47.7 Å². The first-order valence-electron chi connectivity index (χ1n) is 15.0. The summed E-state index contributed by atoms with van der Waals surface area (Å²) in [5, 5.41) is 27.4. The highest BCUT2D eigenvalue weighted by molar-refractivity contribution is 7.97. The molecule has 0 fully saturated rings. The molecule has 0 spiro atoms. The van der Waals surface area contributed by atoms with Crippen LogP contribution in [0.25, 0.3) is 0 Å². The molecule has 4 N–H and O–H groups in total. The van der Waals surface area contributed by atoms with Gasteiger partial charge in [-0.05, 0) is 60.2 Å². The molecule has 3 atom stereocenters. The first kappa shape index (κ1) is 34.1. The number of likely N-dealkylation sites (N-methyl/N-ethyl adjacent to an activating group) is 1. The molecule has 250 valence electrons. The minimum Gasteiger partial charge on any atom is -0.486 e. The molecule has 3 aromatic carbocycles. The van der Waals surface area contributed by atoms with Crippen LogP contribution < -0.4 is 24.8 Å². The van der Waals surface area contributed by atoms with Crippen LogP contribution in [0.1, 0.15) is 18.1 Å². The molecule has 2 aliphatic heterocycles. The molecule has 47 heavy (non-hydrogen) atoms. The van der Waals surface area contributed by atoms with Crippen LogP contribution in [-0.4, -0.2) is 85.6 Å². The first-order valence-corrected chi connectivity index (χ1v) is 17.2. The van der Waals surface area contributed by atoms with E-state index in [0.29, 0.717) is 37.7 Å². The zero-order valence-electron chi connectivity index (χ0n) is 25.5. The topological polar surface area (TPSA) is 189 Å². The van der Waals surface area contributed by atoms with E-state index in [1.807, 2.05) is 53.7 Å². The smallest absolute Gasteiger partial charge is 0.269 e. The molecule has 0 unspecified atom stereocenters. The third-order valence-corrected chi connectivity index (χ3v) is 10.5. The maximum atomic E-state index is 13.8. The summed E-state index contributed by atoms with van der Waals surface area (Å²) in [6.07, 6.45) is -1.11. The SMILES string of the molecule is CCN1Sc2cc3c(cc2C[C@H]1C(=O)N[C@@H](Cc1ccccc1)[C@@H](O)C(=O)NCCNS(=O)(=O)c1ccc([N+](=O)[O-])cc1)OCCO3. The quantitative estimate of drug-likeness (QED) is 0.0889. The predicted octanol–water partition coefficient (Wildman–Crippen LogP) is 1.80. The van der Waals surface area contributed by atoms with Crippen LogP contribution in [0.4, 0.5) is 5.69 Å². The molecule has 2 heterocycles. The molecular weight excluding hydrogens is 651 g/mol. The minimum absolute atomic E-state index is 0.162. The van der Waals surface area contributed by atoms with Gasteiger partial charge < -0.3 is 25.2 Å². The molecular formula is C31H35N5O9S2. The number of amides is 2. The van der Waals surface area contributed by atoms with Crippen molar-refractivity contribution in [3.63, 3.8) is 0 Å². The number of aliphatic hydroxyl groups is 1. The third kappa shape index (κ3) is 8.39. The van der Waals surface area contributed by atoms with Crippen molar-refractivity contribution >= 4 is 39.5 Å². The van der Waals surface area contributed by atoms with Gasteiger partial charge in [-0.15, -0.1) is 0 Å². The Bertz CT molecular complexity index is 1710. The van der Waals surface area contributed by atoms with Crippen LogP contribution in [-0.2, 0) is 32.5 Å². The fourth-order valence-electron chi connectivity index (χ4n) is 5.24. The molecule has 0 radical (unpaired) electrons. The molecule has 2 aliphatic rings. The zero-order valence-corrected chi connectivity index (χ0v) is 27.1. The Morgan fingerprint density at radius 2 is 1.74 bits per heavy atom. The van der Waals surface area contributed by atoms with Gasteiger partial charge >= 0.3 is 0 Å². The molecule has 14 nitrogen and oxygen atoms in total. The second-order valence-corrected chi connectivity index (χ2v) is 13.7. The third-order valence-electron chi connectivity index (χ3n) is 7.67. The zero-order chi connectivity index (χ0) is 33.6. The van der Waals surface area contributed by atoms with E-state index in [4.69, 9.17) is 9.47 Å². The van der Waals surface area contributed by atoms with Crippen molar-refractivity contribution < 1.29 is 37.5 Å². The molecule has 3 aromatic rings. The highest BCUT2D eigenvalue weighted by Gasteiger charge is 2.36. The van der Waals surface area contributed by atoms with Crippen LogP contribution in [0.3, 0.4) is 0 Å². The lowest BCUT2D eigenvalue weighted by Gasteiger charge is -2.36. The molecule has 0 saturated heterocycles. The Kier molecular flexibility index (Phi) is 11.0. The summed E-state index contributed by atoms with van der Waals surface area (Å²) in [5.41, 5.74) is 1.47. The van der Waals surface area contributed by atoms with Gasteiger partial charge in [0.25, 0.3) is 11.6 Å². The van der Waals surface area contributed by atoms with Gasteiger partial charge in [0.05, 0.1) is 15.9 Å². The van der Waals surface area contributed by atoms with Gasteiger partial charge in [-0.3, -0.25) is 19.7 Å². The molecule has 0 aromatic heterocycles. The van der Waals surface area contributed by atoms with Gasteiger partial charge in [0, 0.05) is 36.7 Å². The van der Waals surface area contributed by atoms with E-state index in [2.05, 4.69) is 15.4 Å². The summed E-state index contributed by atoms with van der Waals surface area (Å²) in [6, 6.07) is 15.7. The van der Waals surface area contributed by atoms with E-state index in [1.54, 1.807) is 0 Å². The molecule has 2 amide bonds. The number of benzene rings is 3. The lowest BCUT2D eigenvalue weighted by Crippen LogP contribution is -2.56. The van der Waals surface area contributed by atoms with E-state index in [9.17, 15) is 33.2 Å². The fraction of sp³-hybridized carbons (Fsp3) is 0.355. The van der Waals surface area contributed by atoms with Gasteiger partial charge in [-0.2, -0.15) is 0 Å². The average Bonchev–Trinajstić information content (AvgIpc) is 3.08. The van der Waals surface area contributed by atoms with Crippen molar-refractivity contribution in [1.82, 2.24) is 19.7 Å². The second kappa shape index (κ2) is 15.1. The summed E-state index contributed by atoms with van der Waals surface area (Å²) in [5.74, 6) is 0.144. The van der Waals surface area contributed by atoms with Crippen LogP contribution in [0.2, 0.25) is 0 Å². The van der Waals surface area contributed by atoms with Crippen molar-refractivity contribution in [3.05, 3.63) is 88.0 Å². The van der Waals surface area contributed by atoms with Crippen LogP contribution in [0.15, 0.2) is 76.5 Å². The number of hydrogen-bond acceptors (Lipinski definition) is 11. The number of nitro benzene ring substituents is 1. The number of hydrogen-bond donors (Lipinski definition) is 4. The van der Waals surface area contributed by atoms with Gasteiger partial charge in [-0.1, -0.05) is 37.3 Å². The number of fused-ring (bicyclic) bond motifs is 2. The van der Waals surface area contributed by atoms with Gasteiger partial charge in [0.15, 0.2) is 17.6 Å². The number of nitrogens with zero attached hydrogens (tertiary/aromatic N) is 2. The molecule has 16 heteroatoms. The highest BCUT2D eigenvalue weighted by atomic mass is 32.2. The van der Waals surface area contributed by atoms with Crippen molar-refractivity contribution in [1.29, 1.82) is 0 Å². The minimum atomic E-state index is -4.01. The maximum Gasteiger partial charge on any atom is 0.269 e. The van der Waals surface area contributed by atoms with E-state index >= 15 is 0 Å². The van der Waals surface area contributed by atoms with Crippen molar-refractivity contribution in [2.75, 3.05) is 32.8 Å². The predicted molar refractivity (Wildman–Crippen MR) is 173 cm³/mol. The van der Waals surface area contributed by atoms with E-state index in [-0.39, 0.29) is 36.0 Å². The number of nitrogens with one attached hydrogen (secondary N) is 3. The summed E-state index contributed by atoms with van der Waals surface area (Å²) in [6.45, 7) is 3.03. The lowest BCUT2D eigenvalue weighted by molar-refractivity contribution is -0.384. The number of carbonyl (C=O) groups is 2. The Hall–Kier alpha value is -4.22. The molecule has 0 saturated carbocycles. The van der Waals surface area contributed by atoms with Gasteiger partial charge in [0.2, 0.25) is 15.9 Å². The van der Waals surface area contributed by atoms with E-state index in [1.165, 1.54) is 11.9 Å². The number of rotatable bonds is 13. The molecule has 0 aliphatic carbocycles. The normalized spacial score (nSPS) is 17.2. The highest BCUT2D eigenvalue weighted by Crippen LogP contribution is 2.42. The summed E-state index contributed by atoms with van der Waals surface area (Å²) in [4.78, 5) is 37.8. The average molecular weight is 686 g/mol. The Labute approximate surface area is 276 Å². The van der Waals surface area contributed by atoms with E-state index in [0.717, 1.165) is 40.3 Å². The van der Waals surface area contributed by atoms with Crippen LogP contribution in [0.5, 0.6) is 11.5 Å². The number of nitro groups is 1. The largest absolute Gasteiger partial charge is 0.486 e. The Morgan fingerprint density at radius 1 is 1.06 bits per heavy atom. The first-order chi connectivity index (χ1) is 22.6. The summed E-state index contributed by atoms with van der Waals surface area (Å²) < 4.78 is 40.8. The maximum absolute atomic E-state index is 13.8. The lowest BCUT2D eigenvalue weighted by atomic mass is 9.98. The van der Waals surface area contributed by atoms with Gasteiger partial charge in [0.1, 0.15) is 19.3 Å². The Morgan fingerprint density at radius 3 is 2.40 bits per heavy atom.